The van der Waals surface area contributed by atoms with E-state index in [1.807, 2.05) is 24.3 Å². The van der Waals surface area contributed by atoms with Crippen molar-refractivity contribution in [1.82, 2.24) is 19.9 Å². The molecule has 0 fully saturated rings. The van der Waals surface area contributed by atoms with Crippen LogP contribution in [0.25, 0.3) is 11.0 Å². The van der Waals surface area contributed by atoms with Gasteiger partial charge in [0.25, 0.3) is 5.56 Å². The number of benzene rings is 1. The van der Waals surface area contributed by atoms with Crippen LogP contribution < -0.4 is 11.3 Å². The van der Waals surface area contributed by atoms with E-state index in [0.29, 0.717) is 24.1 Å². The summed E-state index contributed by atoms with van der Waals surface area (Å²) in [5.74, 6) is 1.02. The van der Waals surface area contributed by atoms with Gasteiger partial charge in [-0.3, -0.25) is 9.78 Å². The van der Waals surface area contributed by atoms with Gasteiger partial charge in [-0.1, -0.05) is 12.1 Å². The predicted molar refractivity (Wildman–Crippen MR) is 77.5 cm³/mol. The maximum atomic E-state index is 11.8. The third-order valence-corrected chi connectivity index (χ3v) is 3.29. The van der Waals surface area contributed by atoms with Crippen LogP contribution in [0.1, 0.15) is 17.1 Å². The van der Waals surface area contributed by atoms with E-state index in [2.05, 4.69) is 19.9 Å². The molecule has 4 N–H and O–H groups in total. The summed E-state index contributed by atoms with van der Waals surface area (Å²) in [6.07, 6.45) is 1.23. The fourth-order valence-corrected chi connectivity index (χ4v) is 2.29. The Kier molecular flexibility index (Phi) is 2.98. The summed E-state index contributed by atoms with van der Waals surface area (Å²) < 4.78 is 0. The van der Waals surface area contributed by atoms with Crippen LogP contribution in [0.4, 0.5) is 5.95 Å². The first kappa shape index (κ1) is 12.4. The van der Waals surface area contributed by atoms with E-state index in [4.69, 9.17) is 5.73 Å². The summed E-state index contributed by atoms with van der Waals surface area (Å²) in [7, 11) is 0. The van der Waals surface area contributed by atoms with Gasteiger partial charge in [-0.15, -0.1) is 0 Å². The topological polar surface area (TPSA) is 100 Å². The van der Waals surface area contributed by atoms with Crippen molar-refractivity contribution in [2.24, 2.45) is 0 Å². The molecular formula is C14H15N5O. The number of aryl methyl sites for hydroxylation is 2. The zero-order chi connectivity index (χ0) is 14.1. The van der Waals surface area contributed by atoms with Crippen molar-refractivity contribution < 1.29 is 0 Å². The SMILES string of the molecule is Cc1nc(N)[nH]c(=O)c1CCc1nc2ccccc2[nH]1. The number of anilines is 1. The summed E-state index contributed by atoms with van der Waals surface area (Å²) >= 11 is 0. The molecule has 0 radical (unpaired) electrons. The van der Waals surface area contributed by atoms with Crippen LogP contribution >= 0.6 is 0 Å². The number of hydrogen-bond donors (Lipinski definition) is 3. The highest BCUT2D eigenvalue weighted by atomic mass is 16.1. The Balaban J connectivity index is 1.84. The third-order valence-electron chi connectivity index (χ3n) is 3.29. The van der Waals surface area contributed by atoms with Crippen molar-refractivity contribution in [2.75, 3.05) is 5.73 Å². The molecule has 0 unspecified atom stereocenters. The van der Waals surface area contributed by atoms with Crippen LogP contribution in [0.15, 0.2) is 29.1 Å². The summed E-state index contributed by atoms with van der Waals surface area (Å²) in [4.78, 5) is 26.2. The van der Waals surface area contributed by atoms with Crippen molar-refractivity contribution in [3.05, 3.63) is 51.7 Å². The third kappa shape index (κ3) is 2.27. The first-order valence-corrected chi connectivity index (χ1v) is 6.42. The van der Waals surface area contributed by atoms with E-state index in [1.54, 1.807) is 6.92 Å². The lowest BCUT2D eigenvalue weighted by atomic mass is 10.1. The summed E-state index contributed by atoms with van der Waals surface area (Å²) in [5, 5.41) is 0. The van der Waals surface area contributed by atoms with Gasteiger partial charge in [-0.05, 0) is 25.5 Å². The highest BCUT2D eigenvalue weighted by molar-refractivity contribution is 5.74. The quantitative estimate of drug-likeness (QED) is 0.667. The number of nitrogens with zero attached hydrogens (tertiary/aromatic N) is 2. The Morgan fingerprint density at radius 3 is 2.70 bits per heavy atom. The molecule has 1 aromatic carbocycles. The van der Waals surface area contributed by atoms with Gasteiger partial charge in [0, 0.05) is 17.7 Å². The van der Waals surface area contributed by atoms with Gasteiger partial charge in [0.1, 0.15) is 5.82 Å². The standard InChI is InChI=1S/C14H15N5O/c1-8-9(13(20)19-14(15)16-8)6-7-12-17-10-4-2-3-5-11(10)18-12/h2-5H,6-7H2,1H3,(H,17,18)(H3,15,16,19,20). The second-order valence-corrected chi connectivity index (χ2v) is 4.72. The number of nitrogens with two attached hydrogens (primary N) is 1. The second kappa shape index (κ2) is 4.80. The average Bonchev–Trinajstić information content (AvgIpc) is 2.80. The number of hydrogen-bond acceptors (Lipinski definition) is 4. The summed E-state index contributed by atoms with van der Waals surface area (Å²) in [6, 6.07) is 7.85. The van der Waals surface area contributed by atoms with Gasteiger partial charge in [0.15, 0.2) is 0 Å². The van der Waals surface area contributed by atoms with Gasteiger partial charge < -0.3 is 10.7 Å². The maximum Gasteiger partial charge on any atom is 0.255 e. The van der Waals surface area contributed by atoms with Crippen LogP contribution in [0.5, 0.6) is 0 Å². The summed E-state index contributed by atoms with van der Waals surface area (Å²) in [6.45, 7) is 1.79. The fraction of sp³-hybridized carbons (Fsp3) is 0.214. The predicted octanol–water partition coefficient (Wildman–Crippen LogP) is 1.32. The van der Waals surface area contributed by atoms with E-state index in [-0.39, 0.29) is 11.5 Å². The van der Waals surface area contributed by atoms with Crippen molar-refractivity contribution >= 4 is 17.0 Å². The number of imidazole rings is 1. The van der Waals surface area contributed by atoms with Crippen LogP contribution in [0, 0.1) is 6.92 Å². The van der Waals surface area contributed by atoms with Crippen molar-refractivity contribution in [3.63, 3.8) is 0 Å². The Labute approximate surface area is 115 Å². The normalized spacial score (nSPS) is 11.1. The van der Waals surface area contributed by atoms with Gasteiger partial charge >= 0.3 is 0 Å². The molecule has 6 nitrogen and oxygen atoms in total. The van der Waals surface area contributed by atoms with Crippen molar-refractivity contribution in [1.29, 1.82) is 0 Å². The molecule has 3 rings (SSSR count). The van der Waals surface area contributed by atoms with E-state index in [1.165, 1.54) is 0 Å². The molecular weight excluding hydrogens is 254 g/mol. The van der Waals surface area contributed by atoms with E-state index in [9.17, 15) is 4.79 Å². The molecule has 0 saturated heterocycles. The molecule has 3 aromatic rings. The highest BCUT2D eigenvalue weighted by Gasteiger charge is 2.09. The average molecular weight is 269 g/mol. The summed E-state index contributed by atoms with van der Waals surface area (Å²) in [5.41, 5.74) is 8.58. The minimum atomic E-state index is -0.175. The van der Waals surface area contributed by atoms with E-state index in [0.717, 1.165) is 16.9 Å². The molecule has 6 heteroatoms. The highest BCUT2D eigenvalue weighted by Crippen LogP contribution is 2.12. The van der Waals surface area contributed by atoms with Gasteiger partial charge in [0.05, 0.1) is 11.0 Å². The fourth-order valence-electron chi connectivity index (χ4n) is 2.29. The van der Waals surface area contributed by atoms with E-state index >= 15 is 0 Å². The number of fused-ring (bicyclic) bond motifs is 1. The largest absolute Gasteiger partial charge is 0.369 e. The van der Waals surface area contributed by atoms with Crippen molar-refractivity contribution in [2.45, 2.75) is 19.8 Å². The zero-order valence-corrected chi connectivity index (χ0v) is 11.1. The Bertz CT molecular complexity index is 785. The molecule has 0 bridgehead atoms. The molecule has 0 spiro atoms. The smallest absolute Gasteiger partial charge is 0.255 e. The number of nitrogen functional groups attached to an aromatic ring is 1. The molecule has 2 heterocycles. The van der Waals surface area contributed by atoms with Crippen LogP contribution in [0.3, 0.4) is 0 Å². The molecule has 0 amide bonds. The molecule has 2 aromatic heterocycles. The Hall–Kier alpha value is -2.63. The second-order valence-electron chi connectivity index (χ2n) is 4.72. The lowest BCUT2D eigenvalue weighted by Gasteiger charge is -2.03. The number of para-hydroxylation sites is 2. The number of aromatic amines is 2. The first-order chi connectivity index (χ1) is 9.63. The van der Waals surface area contributed by atoms with Crippen LogP contribution in [0.2, 0.25) is 0 Å². The van der Waals surface area contributed by atoms with Gasteiger partial charge in [-0.2, -0.15) is 0 Å². The minimum Gasteiger partial charge on any atom is -0.369 e. The maximum absolute atomic E-state index is 11.8. The molecule has 0 aliphatic rings. The molecule has 0 aliphatic heterocycles. The lowest BCUT2D eigenvalue weighted by molar-refractivity contribution is 0.853. The monoisotopic (exact) mass is 269 g/mol. The molecule has 0 aliphatic carbocycles. The molecule has 0 saturated carbocycles. The molecule has 0 atom stereocenters. The lowest BCUT2D eigenvalue weighted by Crippen LogP contribution is -2.19. The van der Waals surface area contributed by atoms with Gasteiger partial charge in [-0.25, -0.2) is 9.97 Å². The number of rotatable bonds is 3. The molecule has 102 valence electrons. The molecule has 20 heavy (non-hydrogen) atoms. The first-order valence-electron chi connectivity index (χ1n) is 6.42. The van der Waals surface area contributed by atoms with Crippen LogP contribution in [-0.4, -0.2) is 19.9 Å². The van der Waals surface area contributed by atoms with Crippen molar-refractivity contribution in [3.8, 4) is 0 Å². The van der Waals surface area contributed by atoms with E-state index < -0.39 is 0 Å². The van der Waals surface area contributed by atoms with Gasteiger partial charge in [0.2, 0.25) is 5.95 Å². The minimum absolute atomic E-state index is 0.153. The van der Waals surface area contributed by atoms with Crippen LogP contribution in [-0.2, 0) is 12.8 Å². The number of aromatic nitrogens is 4. The number of nitrogens with one attached hydrogen (secondary N) is 2. The number of H-pyrrole nitrogens is 2. The Morgan fingerprint density at radius 2 is 1.95 bits per heavy atom. The Morgan fingerprint density at radius 1 is 1.15 bits per heavy atom. The zero-order valence-electron chi connectivity index (χ0n) is 11.1.